The Morgan fingerprint density at radius 1 is 1.23 bits per heavy atom. The number of nitrogens with one attached hydrogen (secondary N) is 1. The maximum absolute atomic E-state index is 12.1. The van der Waals surface area contributed by atoms with Crippen molar-refractivity contribution in [2.24, 2.45) is 0 Å². The monoisotopic (exact) mass is 371 g/mol. The lowest BCUT2D eigenvalue weighted by molar-refractivity contribution is -0.136. The van der Waals surface area contributed by atoms with Gasteiger partial charge >= 0.3 is 11.9 Å². The number of carboxylic acid groups (broad SMARTS) is 1. The number of aliphatic carboxylic acids is 1. The van der Waals surface area contributed by atoms with Crippen LogP contribution in [0.5, 0.6) is 0 Å². The Hall–Kier alpha value is -3.00. The topological polar surface area (TPSA) is 101 Å². The quantitative estimate of drug-likeness (QED) is 0.639. The number of thiophene rings is 1. The average molecular weight is 371 g/mol. The highest BCUT2D eigenvalue weighted by Gasteiger charge is 2.20. The number of hydrogen-bond acceptors (Lipinski definition) is 7. The molecule has 0 bridgehead atoms. The molecule has 0 amide bonds. The normalized spacial score (nSPS) is 10.7. The molecule has 0 radical (unpaired) electrons. The van der Waals surface area contributed by atoms with E-state index in [4.69, 9.17) is 9.84 Å². The van der Waals surface area contributed by atoms with Crippen LogP contribution in [0.1, 0.15) is 27.7 Å². The van der Waals surface area contributed by atoms with Crippen LogP contribution in [0.25, 0.3) is 10.2 Å². The molecule has 0 unspecified atom stereocenters. The molecule has 1 aromatic carbocycles. The molecule has 3 aromatic rings. The van der Waals surface area contributed by atoms with Gasteiger partial charge in [-0.2, -0.15) is 0 Å². The van der Waals surface area contributed by atoms with E-state index in [2.05, 4.69) is 15.3 Å². The molecule has 8 heteroatoms. The molecule has 0 aliphatic rings. The Kier molecular flexibility index (Phi) is 5.13. The van der Waals surface area contributed by atoms with E-state index in [0.29, 0.717) is 27.7 Å². The van der Waals surface area contributed by atoms with Gasteiger partial charge in [0.15, 0.2) is 0 Å². The molecule has 2 heterocycles. The molecular weight excluding hydrogens is 354 g/mol. The maximum Gasteiger partial charge on any atom is 0.348 e. The molecule has 3 rings (SSSR count). The number of aryl methyl sites for hydroxylation is 1. The first-order valence-electron chi connectivity index (χ1n) is 7.98. The van der Waals surface area contributed by atoms with Crippen molar-refractivity contribution in [3.05, 3.63) is 46.6 Å². The van der Waals surface area contributed by atoms with Crippen LogP contribution in [0.3, 0.4) is 0 Å². The fraction of sp³-hybridized carbons (Fsp3) is 0.222. The first-order chi connectivity index (χ1) is 12.5. The third kappa shape index (κ3) is 3.65. The number of carbonyl (C=O) groups is 2. The summed E-state index contributed by atoms with van der Waals surface area (Å²) in [6, 6.07) is 7.08. The molecule has 134 valence electrons. The predicted molar refractivity (Wildman–Crippen MR) is 99.2 cm³/mol. The molecule has 0 saturated heterocycles. The van der Waals surface area contributed by atoms with Gasteiger partial charge in [0.1, 0.15) is 21.9 Å². The van der Waals surface area contributed by atoms with Crippen LogP contribution in [0.15, 0.2) is 30.6 Å². The lowest BCUT2D eigenvalue weighted by Gasteiger charge is -2.08. The maximum atomic E-state index is 12.1. The highest BCUT2D eigenvalue weighted by Crippen LogP contribution is 2.34. The average Bonchev–Trinajstić information content (AvgIpc) is 2.94. The van der Waals surface area contributed by atoms with Crippen molar-refractivity contribution in [3.63, 3.8) is 0 Å². The predicted octanol–water partition coefficient (Wildman–Crippen LogP) is 3.55. The van der Waals surface area contributed by atoms with E-state index in [-0.39, 0.29) is 12.4 Å². The zero-order valence-electron chi connectivity index (χ0n) is 14.3. The third-order valence-corrected chi connectivity index (χ3v) is 4.94. The number of carbonyl (C=O) groups excluding carboxylic acids is 1. The number of benzene rings is 1. The summed E-state index contributed by atoms with van der Waals surface area (Å²) in [6.45, 7) is 3.92. The van der Waals surface area contributed by atoms with E-state index in [0.717, 1.165) is 16.6 Å². The molecule has 26 heavy (non-hydrogen) atoms. The van der Waals surface area contributed by atoms with Gasteiger partial charge in [0, 0.05) is 5.69 Å². The van der Waals surface area contributed by atoms with E-state index >= 15 is 0 Å². The Morgan fingerprint density at radius 3 is 2.62 bits per heavy atom. The number of fused-ring (bicyclic) bond motifs is 1. The van der Waals surface area contributed by atoms with Gasteiger partial charge in [0.2, 0.25) is 0 Å². The number of esters is 1. The van der Waals surface area contributed by atoms with Gasteiger partial charge in [-0.05, 0) is 37.1 Å². The fourth-order valence-electron chi connectivity index (χ4n) is 2.58. The molecule has 0 fully saturated rings. The SMILES string of the molecule is CCOC(=O)c1sc2ncnc(Nc3ccc(CC(=O)O)cc3)c2c1C. The summed E-state index contributed by atoms with van der Waals surface area (Å²) < 4.78 is 5.10. The van der Waals surface area contributed by atoms with E-state index in [9.17, 15) is 9.59 Å². The molecule has 0 aliphatic carbocycles. The van der Waals surface area contributed by atoms with E-state index in [1.165, 1.54) is 17.7 Å². The second-order valence-corrected chi connectivity index (χ2v) is 6.57. The fourth-order valence-corrected chi connectivity index (χ4v) is 3.62. The summed E-state index contributed by atoms with van der Waals surface area (Å²) in [5, 5.41) is 12.8. The largest absolute Gasteiger partial charge is 0.481 e. The zero-order valence-corrected chi connectivity index (χ0v) is 15.1. The van der Waals surface area contributed by atoms with E-state index in [1.54, 1.807) is 31.2 Å². The summed E-state index contributed by atoms with van der Waals surface area (Å²) in [7, 11) is 0. The highest BCUT2D eigenvalue weighted by atomic mass is 32.1. The molecule has 2 N–H and O–H groups in total. The Bertz CT molecular complexity index is 966. The summed E-state index contributed by atoms with van der Waals surface area (Å²) in [5.74, 6) is -0.647. The van der Waals surface area contributed by atoms with Crippen molar-refractivity contribution < 1.29 is 19.4 Å². The minimum Gasteiger partial charge on any atom is -0.481 e. The summed E-state index contributed by atoms with van der Waals surface area (Å²) >= 11 is 1.28. The number of rotatable bonds is 6. The molecule has 0 aliphatic heterocycles. The van der Waals surface area contributed by atoms with Crippen LogP contribution in [0.2, 0.25) is 0 Å². The van der Waals surface area contributed by atoms with Crippen molar-refractivity contribution in [1.82, 2.24) is 9.97 Å². The Balaban J connectivity index is 1.93. The van der Waals surface area contributed by atoms with Gasteiger partial charge < -0.3 is 15.2 Å². The van der Waals surface area contributed by atoms with E-state index in [1.807, 2.05) is 6.92 Å². The minimum absolute atomic E-state index is 0.0232. The molecule has 0 atom stereocenters. The number of ether oxygens (including phenoxy) is 1. The van der Waals surface area contributed by atoms with Crippen molar-refractivity contribution in [1.29, 1.82) is 0 Å². The van der Waals surface area contributed by atoms with Crippen molar-refractivity contribution in [2.75, 3.05) is 11.9 Å². The first kappa shape index (κ1) is 17.8. The van der Waals surface area contributed by atoms with Gasteiger partial charge in [-0.15, -0.1) is 11.3 Å². The number of anilines is 2. The number of aromatic nitrogens is 2. The molecular formula is C18H17N3O4S. The standard InChI is InChI=1S/C18H17N3O4S/c1-3-25-18(24)15-10(2)14-16(19-9-20-17(14)26-15)21-12-6-4-11(5-7-12)8-13(22)23/h4-7,9H,3,8H2,1-2H3,(H,22,23)(H,19,20,21). The van der Waals surface area contributed by atoms with Gasteiger partial charge in [-0.25, -0.2) is 14.8 Å². The molecule has 0 spiro atoms. The third-order valence-electron chi connectivity index (χ3n) is 3.76. The molecule has 0 saturated carbocycles. The van der Waals surface area contributed by atoms with Crippen LogP contribution >= 0.6 is 11.3 Å². The Morgan fingerprint density at radius 2 is 1.96 bits per heavy atom. The van der Waals surface area contributed by atoms with Gasteiger partial charge in [0.25, 0.3) is 0 Å². The smallest absolute Gasteiger partial charge is 0.348 e. The summed E-state index contributed by atoms with van der Waals surface area (Å²) in [4.78, 5) is 32.6. The summed E-state index contributed by atoms with van der Waals surface area (Å²) in [6.07, 6.45) is 1.42. The van der Waals surface area contributed by atoms with Crippen LogP contribution < -0.4 is 5.32 Å². The van der Waals surface area contributed by atoms with Gasteiger partial charge in [-0.3, -0.25) is 4.79 Å². The lowest BCUT2D eigenvalue weighted by Crippen LogP contribution is -2.03. The lowest BCUT2D eigenvalue weighted by atomic mass is 10.1. The van der Waals surface area contributed by atoms with Crippen LogP contribution in [0.4, 0.5) is 11.5 Å². The second kappa shape index (κ2) is 7.49. The molecule has 2 aromatic heterocycles. The first-order valence-corrected chi connectivity index (χ1v) is 8.80. The zero-order chi connectivity index (χ0) is 18.7. The van der Waals surface area contributed by atoms with E-state index < -0.39 is 5.97 Å². The summed E-state index contributed by atoms with van der Waals surface area (Å²) in [5.41, 5.74) is 2.25. The number of carboxylic acids is 1. The van der Waals surface area contributed by atoms with Crippen LogP contribution in [-0.4, -0.2) is 33.6 Å². The highest BCUT2D eigenvalue weighted by molar-refractivity contribution is 7.20. The van der Waals surface area contributed by atoms with Crippen molar-refractivity contribution >= 4 is 45.0 Å². The van der Waals surface area contributed by atoms with Crippen LogP contribution in [-0.2, 0) is 16.0 Å². The van der Waals surface area contributed by atoms with Gasteiger partial charge in [-0.1, -0.05) is 12.1 Å². The Labute approximate surface area is 153 Å². The van der Waals surface area contributed by atoms with Crippen molar-refractivity contribution in [2.45, 2.75) is 20.3 Å². The number of nitrogens with zero attached hydrogens (tertiary/aromatic N) is 2. The second-order valence-electron chi connectivity index (χ2n) is 5.57. The van der Waals surface area contributed by atoms with Gasteiger partial charge in [0.05, 0.1) is 18.4 Å². The molecule has 7 nitrogen and oxygen atoms in total. The van der Waals surface area contributed by atoms with Crippen LogP contribution in [0, 0.1) is 6.92 Å². The number of hydrogen-bond donors (Lipinski definition) is 2. The minimum atomic E-state index is -0.872. The van der Waals surface area contributed by atoms with Crippen molar-refractivity contribution in [3.8, 4) is 0 Å².